The van der Waals surface area contributed by atoms with Gasteiger partial charge in [-0.3, -0.25) is 9.59 Å². The second-order valence-corrected chi connectivity index (χ2v) is 4.83. The zero-order valence-corrected chi connectivity index (χ0v) is 11.5. The minimum atomic E-state index is -0.742. The van der Waals surface area contributed by atoms with Crippen molar-refractivity contribution in [3.05, 3.63) is 35.9 Å². The quantitative estimate of drug-likeness (QED) is 0.839. The van der Waals surface area contributed by atoms with Crippen LogP contribution in [0.1, 0.15) is 23.7 Å². The molecule has 20 heavy (non-hydrogen) atoms. The summed E-state index contributed by atoms with van der Waals surface area (Å²) in [5.41, 5.74) is 0.589. The molecule has 0 saturated carbocycles. The highest BCUT2D eigenvalue weighted by Crippen LogP contribution is 2.20. The van der Waals surface area contributed by atoms with E-state index in [1.807, 2.05) is 6.07 Å². The standard InChI is InChI=1S/C15H19NO4/c1-2-20-15(19)12-10-16(9-8-13(12)17)14(18)11-6-4-3-5-7-11/h3-7,12-13,17H,2,8-10H2,1H3/t12-,13+/m1/s1. The third-order valence-electron chi connectivity index (χ3n) is 3.47. The summed E-state index contributed by atoms with van der Waals surface area (Å²) in [5.74, 6) is -1.21. The molecule has 0 unspecified atom stereocenters. The van der Waals surface area contributed by atoms with Gasteiger partial charge in [-0.1, -0.05) is 18.2 Å². The van der Waals surface area contributed by atoms with E-state index in [0.717, 1.165) is 0 Å². The fourth-order valence-corrected chi connectivity index (χ4v) is 2.37. The molecule has 1 aliphatic heterocycles. The molecule has 0 aliphatic carbocycles. The van der Waals surface area contributed by atoms with Gasteiger partial charge in [0, 0.05) is 18.7 Å². The highest BCUT2D eigenvalue weighted by molar-refractivity contribution is 5.94. The summed E-state index contributed by atoms with van der Waals surface area (Å²) in [5, 5.41) is 9.90. The summed E-state index contributed by atoms with van der Waals surface area (Å²) in [6.45, 7) is 2.65. The van der Waals surface area contributed by atoms with Gasteiger partial charge < -0.3 is 14.7 Å². The van der Waals surface area contributed by atoms with E-state index in [1.54, 1.807) is 36.1 Å². The molecular weight excluding hydrogens is 258 g/mol. The number of esters is 1. The third-order valence-corrected chi connectivity index (χ3v) is 3.47. The van der Waals surface area contributed by atoms with Crippen molar-refractivity contribution in [3.63, 3.8) is 0 Å². The van der Waals surface area contributed by atoms with E-state index in [4.69, 9.17) is 4.74 Å². The van der Waals surface area contributed by atoms with Gasteiger partial charge in [0.05, 0.1) is 12.7 Å². The van der Waals surface area contributed by atoms with Crippen molar-refractivity contribution in [2.45, 2.75) is 19.4 Å². The normalized spacial score (nSPS) is 22.4. The van der Waals surface area contributed by atoms with Gasteiger partial charge in [0.25, 0.3) is 5.91 Å². The molecule has 2 atom stereocenters. The SMILES string of the molecule is CCOC(=O)[C@@H]1CN(C(=O)c2ccccc2)CC[C@@H]1O. The van der Waals surface area contributed by atoms with E-state index in [9.17, 15) is 14.7 Å². The number of nitrogens with zero attached hydrogens (tertiary/aromatic N) is 1. The largest absolute Gasteiger partial charge is 0.466 e. The second kappa shape index (κ2) is 6.52. The van der Waals surface area contributed by atoms with Crippen molar-refractivity contribution in [1.82, 2.24) is 4.90 Å². The molecule has 0 radical (unpaired) electrons. The predicted octanol–water partition coefficient (Wildman–Crippen LogP) is 1.07. The predicted molar refractivity (Wildman–Crippen MR) is 73.1 cm³/mol. The van der Waals surface area contributed by atoms with Gasteiger partial charge in [-0.05, 0) is 25.5 Å². The van der Waals surface area contributed by atoms with Gasteiger partial charge in [-0.15, -0.1) is 0 Å². The maximum absolute atomic E-state index is 12.3. The van der Waals surface area contributed by atoms with Crippen molar-refractivity contribution in [2.75, 3.05) is 19.7 Å². The molecule has 5 heteroatoms. The van der Waals surface area contributed by atoms with Crippen LogP contribution in [0.15, 0.2) is 30.3 Å². The number of hydrogen-bond donors (Lipinski definition) is 1. The lowest BCUT2D eigenvalue weighted by atomic mass is 9.94. The van der Waals surface area contributed by atoms with Crippen LogP contribution in [0.25, 0.3) is 0 Å². The highest BCUT2D eigenvalue weighted by atomic mass is 16.5. The van der Waals surface area contributed by atoms with Gasteiger partial charge in [-0.2, -0.15) is 0 Å². The fourth-order valence-electron chi connectivity index (χ4n) is 2.37. The maximum Gasteiger partial charge on any atom is 0.313 e. The molecule has 1 fully saturated rings. The summed E-state index contributed by atoms with van der Waals surface area (Å²) in [7, 11) is 0. The highest BCUT2D eigenvalue weighted by Gasteiger charge is 2.36. The van der Waals surface area contributed by atoms with Gasteiger partial charge in [0.1, 0.15) is 5.92 Å². The first-order chi connectivity index (χ1) is 9.63. The van der Waals surface area contributed by atoms with Crippen molar-refractivity contribution >= 4 is 11.9 Å². The number of piperidine rings is 1. The first-order valence-corrected chi connectivity index (χ1v) is 6.82. The number of rotatable bonds is 3. The average Bonchev–Trinajstić information content (AvgIpc) is 2.48. The second-order valence-electron chi connectivity index (χ2n) is 4.83. The van der Waals surface area contributed by atoms with Crippen molar-refractivity contribution in [2.24, 2.45) is 5.92 Å². The van der Waals surface area contributed by atoms with Gasteiger partial charge in [0.15, 0.2) is 0 Å². The van der Waals surface area contributed by atoms with Crippen LogP contribution in [-0.2, 0) is 9.53 Å². The molecule has 1 aliphatic rings. The number of ether oxygens (including phenoxy) is 1. The first kappa shape index (κ1) is 14.5. The number of carbonyl (C=O) groups excluding carboxylic acids is 2. The lowest BCUT2D eigenvalue weighted by molar-refractivity contribution is -0.154. The lowest BCUT2D eigenvalue weighted by Gasteiger charge is -2.34. The van der Waals surface area contributed by atoms with E-state index in [-0.39, 0.29) is 19.1 Å². The molecule has 5 nitrogen and oxygen atoms in total. The van der Waals surface area contributed by atoms with E-state index >= 15 is 0 Å². The minimum absolute atomic E-state index is 0.119. The molecule has 1 aromatic rings. The van der Waals surface area contributed by atoms with Crippen LogP contribution in [0.3, 0.4) is 0 Å². The Balaban J connectivity index is 2.07. The van der Waals surface area contributed by atoms with Crippen molar-refractivity contribution in [1.29, 1.82) is 0 Å². The molecule has 0 aromatic heterocycles. The molecule has 108 valence electrons. The number of carbonyl (C=O) groups is 2. The van der Waals surface area contributed by atoms with Crippen molar-refractivity contribution < 1.29 is 19.4 Å². The molecule has 0 bridgehead atoms. The molecule has 0 spiro atoms. The first-order valence-electron chi connectivity index (χ1n) is 6.82. The Morgan fingerprint density at radius 2 is 2.05 bits per heavy atom. The Morgan fingerprint density at radius 1 is 1.35 bits per heavy atom. The van der Waals surface area contributed by atoms with E-state index < -0.39 is 18.0 Å². The van der Waals surface area contributed by atoms with Crippen LogP contribution in [0.4, 0.5) is 0 Å². The van der Waals surface area contributed by atoms with Crippen LogP contribution in [0, 0.1) is 5.92 Å². The summed E-state index contributed by atoms with van der Waals surface area (Å²) < 4.78 is 4.95. The van der Waals surface area contributed by atoms with Crippen LogP contribution in [0.2, 0.25) is 0 Å². The number of benzene rings is 1. The maximum atomic E-state index is 12.3. The Bertz CT molecular complexity index is 474. The summed E-state index contributed by atoms with van der Waals surface area (Å²) in [4.78, 5) is 25.7. The van der Waals surface area contributed by atoms with Crippen LogP contribution >= 0.6 is 0 Å². The van der Waals surface area contributed by atoms with Gasteiger partial charge in [-0.25, -0.2) is 0 Å². The van der Waals surface area contributed by atoms with Crippen LogP contribution < -0.4 is 0 Å². The average molecular weight is 277 g/mol. The summed E-state index contributed by atoms with van der Waals surface area (Å²) in [6, 6.07) is 8.93. The van der Waals surface area contributed by atoms with Crippen molar-refractivity contribution in [3.8, 4) is 0 Å². The lowest BCUT2D eigenvalue weighted by Crippen LogP contribution is -2.49. The molecule has 1 aromatic carbocycles. The van der Waals surface area contributed by atoms with E-state index in [1.165, 1.54) is 0 Å². The summed E-state index contributed by atoms with van der Waals surface area (Å²) >= 11 is 0. The minimum Gasteiger partial charge on any atom is -0.466 e. The van der Waals surface area contributed by atoms with Crippen LogP contribution in [0.5, 0.6) is 0 Å². The number of amides is 1. The number of aliphatic hydroxyl groups excluding tert-OH is 1. The van der Waals surface area contributed by atoms with Gasteiger partial charge in [0.2, 0.25) is 0 Å². The van der Waals surface area contributed by atoms with E-state index in [2.05, 4.69) is 0 Å². The zero-order valence-electron chi connectivity index (χ0n) is 11.5. The monoisotopic (exact) mass is 277 g/mol. The van der Waals surface area contributed by atoms with Crippen LogP contribution in [-0.4, -0.2) is 47.7 Å². The summed E-state index contributed by atoms with van der Waals surface area (Å²) in [6.07, 6.45) is -0.351. The fraction of sp³-hybridized carbons (Fsp3) is 0.467. The van der Waals surface area contributed by atoms with Gasteiger partial charge >= 0.3 is 5.97 Å². The molecular formula is C15H19NO4. The van der Waals surface area contributed by atoms with E-state index in [0.29, 0.717) is 18.5 Å². The molecule has 2 rings (SSSR count). The number of aliphatic hydroxyl groups is 1. The Morgan fingerprint density at radius 3 is 2.70 bits per heavy atom. The molecule has 1 N–H and O–H groups in total. The Kier molecular flexibility index (Phi) is 4.74. The topological polar surface area (TPSA) is 66.8 Å². The smallest absolute Gasteiger partial charge is 0.313 e. The number of likely N-dealkylation sites (tertiary alicyclic amines) is 1. The Hall–Kier alpha value is -1.88. The Labute approximate surface area is 118 Å². The number of hydrogen-bond acceptors (Lipinski definition) is 4. The molecule has 1 amide bonds. The zero-order chi connectivity index (χ0) is 14.5. The molecule has 1 saturated heterocycles. The third kappa shape index (κ3) is 3.17. The molecule has 1 heterocycles.